The molecule has 0 amide bonds. The predicted octanol–water partition coefficient (Wildman–Crippen LogP) is 3.26. The van der Waals surface area contributed by atoms with E-state index in [4.69, 9.17) is 9.47 Å². The number of aromatic nitrogens is 2. The van der Waals surface area contributed by atoms with Gasteiger partial charge < -0.3 is 14.0 Å². The van der Waals surface area contributed by atoms with Crippen LogP contribution in [0, 0.1) is 0 Å². The summed E-state index contributed by atoms with van der Waals surface area (Å²) in [5, 5.41) is 0. The van der Waals surface area contributed by atoms with Gasteiger partial charge >= 0.3 is 0 Å². The van der Waals surface area contributed by atoms with E-state index in [1.54, 1.807) is 7.11 Å². The maximum atomic E-state index is 5.83. The van der Waals surface area contributed by atoms with Crippen LogP contribution in [0.1, 0.15) is 25.5 Å². The topological polar surface area (TPSA) is 36.3 Å². The lowest BCUT2D eigenvalue weighted by Gasteiger charge is -2.25. The Labute approximate surface area is 113 Å². The number of rotatable bonds is 3. The van der Waals surface area contributed by atoms with E-state index >= 15 is 0 Å². The average Bonchev–Trinajstić information content (AvgIpc) is 2.98. The Bertz CT molecular complexity index is 527. The summed E-state index contributed by atoms with van der Waals surface area (Å²) < 4.78 is 13.1. The molecule has 0 N–H and O–H groups in total. The van der Waals surface area contributed by atoms with Crippen LogP contribution in [0.2, 0.25) is 0 Å². The minimum absolute atomic E-state index is 0.119. The van der Waals surface area contributed by atoms with Crippen LogP contribution in [0.4, 0.5) is 0 Å². The highest BCUT2D eigenvalue weighted by Gasteiger charge is 2.18. The number of methoxy groups -OCH3 is 1. The van der Waals surface area contributed by atoms with Gasteiger partial charge in [-0.3, -0.25) is 0 Å². The zero-order valence-electron chi connectivity index (χ0n) is 11.1. The van der Waals surface area contributed by atoms with E-state index in [0.717, 1.165) is 36.5 Å². The third-order valence-electron chi connectivity index (χ3n) is 3.52. The summed E-state index contributed by atoms with van der Waals surface area (Å²) in [6.45, 7) is 0.838. The molecule has 1 aromatic carbocycles. The predicted molar refractivity (Wildman–Crippen MR) is 73.1 cm³/mol. The average molecular weight is 258 g/mol. The van der Waals surface area contributed by atoms with Crippen LogP contribution >= 0.6 is 0 Å². The molecule has 0 spiro atoms. The number of ether oxygens (including phenoxy) is 2. The summed E-state index contributed by atoms with van der Waals surface area (Å²) in [5.74, 6) is 0.865. The molecule has 4 heteroatoms. The van der Waals surface area contributed by atoms with Crippen molar-refractivity contribution in [2.75, 3.05) is 13.7 Å². The highest BCUT2D eigenvalue weighted by Crippen LogP contribution is 2.29. The smallest absolute Gasteiger partial charge is 0.135 e. The van der Waals surface area contributed by atoms with Gasteiger partial charge in [0, 0.05) is 12.2 Å². The summed E-state index contributed by atoms with van der Waals surface area (Å²) >= 11 is 0. The zero-order chi connectivity index (χ0) is 13.1. The molecule has 2 aromatic rings. The monoisotopic (exact) mass is 258 g/mol. The van der Waals surface area contributed by atoms with E-state index in [1.807, 2.05) is 24.7 Å². The Morgan fingerprint density at radius 3 is 2.79 bits per heavy atom. The quantitative estimate of drug-likeness (QED) is 0.847. The van der Waals surface area contributed by atoms with Gasteiger partial charge in [0.25, 0.3) is 0 Å². The molecule has 1 aromatic heterocycles. The van der Waals surface area contributed by atoms with Crippen molar-refractivity contribution in [3.05, 3.63) is 36.8 Å². The van der Waals surface area contributed by atoms with Crippen LogP contribution in [0.5, 0.6) is 5.75 Å². The number of hydrogen-bond acceptors (Lipinski definition) is 3. The number of nitrogens with zero attached hydrogens (tertiary/aromatic N) is 2. The van der Waals surface area contributed by atoms with Gasteiger partial charge in [0.05, 0.1) is 25.3 Å². The molecule has 0 aliphatic carbocycles. The van der Waals surface area contributed by atoms with E-state index in [1.165, 1.54) is 6.42 Å². The molecule has 1 fully saturated rings. The van der Waals surface area contributed by atoms with E-state index < -0.39 is 0 Å². The summed E-state index contributed by atoms with van der Waals surface area (Å²) in [5.41, 5.74) is 2.22. The lowest BCUT2D eigenvalue weighted by Crippen LogP contribution is -2.18. The van der Waals surface area contributed by atoms with Gasteiger partial charge in [-0.15, -0.1) is 0 Å². The van der Waals surface area contributed by atoms with Gasteiger partial charge in [-0.1, -0.05) is 0 Å². The molecule has 4 nitrogen and oxygen atoms in total. The van der Waals surface area contributed by atoms with E-state index in [2.05, 4.69) is 21.7 Å². The molecule has 100 valence electrons. The second-order valence-corrected chi connectivity index (χ2v) is 4.74. The molecular formula is C15H18N2O2. The number of benzene rings is 1. The van der Waals surface area contributed by atoms with Gasteiger partial charge in [-0.05, 0) is 43.5 Å². The summed E-state index contributed by atoms with van der Waals surface area (Å²) in [6, 6.07) is 8.03. The van der Waals surface area contributed by atoms with E-state index in [0.29, 0.717) is 0 Å². The van der Waals surface area contributed by atoms with Gasteiger partial charge in [0.15, 0.2) is 0 Å². The Hall–Kier alpha value is -1.81. The fraction of sp³-hybridized carbons (Fsp3) is 0.400. The molecule has 1 saturated heterocycles. The van der Waals surface area contributed by atoms with Crippen LogP contribution in [-0.2, 0) is 4.74 Å². The Kier molecular flexibility index (Phi) is 3.51. The number of hydrogen-bond donors (Lipinski definition) is 0. The van der Waals surface area contributed by atoms with Crippen molar-refractivity contribution in [2.45, 2.75) is 25.5 Å². The molecule has 1 aliphatic heterocycles. The second-order valence-electron chi connectivity index (χ2n) is 4.74. The van der Waals surface area contributed by atoms with Crippen LogP contribution in [-0.4, -0.2) is 23.3 Å². The zero-order valence-corrected chi connectivity index (χ0v) is 11.1. The second kappa shape index (κ2) is 5.45. The molecular weight excluding hydrogens is 240 g/mol. The van der Waals surface area contributed by atoms with Crippen LogP contribution < -0.4 is 4.74 Å². The van der Waals surface area contributed by atoms with Crippen molar-refractivity contribution < 1.29 is 9.47 Å². The molecule has 1 aliphatic rings. The molecule has 1 unspecified atom stereocenters. The van der Waals surface area contributed by atoms with Gasteiger partial charge in [0.2, 0.25) is 0 Å². The minimum Gasteiger partial charge on any atom is -0.497 e. The van der Waals surface area contributed by atoms with E-state index in [9.17, 15) is 0 Å². The van der Waals surface area contributed by atoms with Crippen molar-refractivity contribution >= 4 is 0 Å². The highest BCUT2D eigenvalue weighted by atomic mass is 16.5. The van der Waals surface area contributed by atoms with Crippen LogP contribution in [0.15, 0.2) is 36.8 Å². The lowest BCUT2D eigenvalue weighted by atomic mass is 10.1. The van der Waals surface area contributed by atoms with E-state index in [-0.39, 0.29) is 6.23 Å². The first-order valence-electron chi connectivity index (χ1n) is 6.66. The minimum atomic E-state index is 0.119. The van der Waals surface area contributed by atoms with Gasteiger partial charge in [-0.2, -0.15) is 0 Å². The third kappa shape index (κ3) is 2.49. The fourth-order valence-electron chi connectivity index (χ4n) is 2.46. The van der Waals surface area contributed by atoms with Crippen molar-refractivity contribution in [1.82, 2.24) is 9.55 Å². The highest BCUT2D eigenvalue weighted by molar-refractivity contribution is 5.60. The normalized spacial score (nSPS) is 19.3. The molecule has 0 radical (unpaired) electrons. The molecule has 19 heavy (non-hydrogen) atoms. The molecule has 0 saturated carbocycles. The summed E-state index contributed by atoms with van der Waals surface area (Å²) in [4.78, 5) is 4.27. The Morgan fingerprint density at radius 1 is 1.26 bits per heavy atom. The van der Waals surface area contributed by atoms with Crippen molar-refractivity contribution in [1.29, 1.82) is 0 Å². The Balaban J connectivity index is 1.89. The fourth-order valence-corrected chi connectivity index (χ4v) is 2.46. The first kappa shape index (κ1) is 12.2. The van der Waals surface area contributed by atoms with Crippen LogP contribution in [0.3, 0.4) is 0 Å². The number of imidazole rings is 1. The summed E-state index contributed by atoms with van der Waals surface area (Å²) in [7, 11) is 1.68. The van der Waals surface area contributed by atoms with Crippen molar-refractivity contribution in [2.24, 2.45) is 0 Å². The van der Waals surface area contributed by atoms with Crippen LogP contribution in [0.25, 0.3) is 11.3 Å². The standard InChI is InChI=1S/C15H18N2O2/c1-18-13-7-5-12(6-8-13)14-10-16-11-17(14)15-4-2-3-9-19-15/h5-8,10-11,15H,2-4,9H2,1H3. The van der Waals surface area contributed by atoms with Gasteiger partial charge in [-0.25, -0.2) is 4.98 Å². The third-order valence-corrected chi connectivity index (χ3v) is 3.52. The van der Waals surface area contributed by atoms with Gasteiger partial charge in [0.1, 0.15) is 12.0 Å². The largest absolute Gasteiger partial charge is 0.497 e. The van der Waals surface area contributed by atoms with Crippen molar-refractivity contribution in [3.8, 4) is 17.0 Å². The first-order valence-corrected chi connectivity index (χ1v) is 6.66. The molecule has 3 rings (SSSR count). The summed E-state index contributed by atoms with van der Waals surface area (Å²) in [6.07, 6.45) is 7.29. The maximum Gasteiger partial charge on any atom is 0.135 e. The SMILES string of the molecule is COc1ccc(-c2cncn2C2CCCCO2)cc1. The molecule has 1 atom stereocenters. The lowest BCUT2D eigenvalue weighted by molar-refractivity contribution is -0.0310. The Morgan fingerprint density at radius 2 is 2.11 bits per heavy atom. The maximum absolute atomic E-state index is 5.83. The molecule has 2 heterocycles. The molecule has 0 bridgehead atoms. The first-order chi connectivity index (χ1) is 9.38. The van der Waals surface area contributed by atoms with Crippen molar-refractivity contribution in [3.63, 3.8) is 0 Å².